The molecule has 17 heavy (non-hydrogen) atoms. The Labute approximate surface area is 99.7 Å². The van der Waals surface area contributed by atoms with Crippen molar-refractivity contribution in [1.29, 1.82) is 0 Å². The topological polar surface area (TPSA) is 49.3 Å². The van der Waals surface area contributed by atoms with Crippen molar-refractivity contribution in [3.8, 4) is 0 Å². The summed E-state index contributed by atoms with van der Waals surface area (Å²) >= 11 is 0. The summed E-state index contributed by atoms with van der Waals surface area (Å²) < 4.78 is 13.0. The van der Waals surface area contributed by atoms with E-state index < -0.39 is 11.8 Å². The number of benzene rings is 1. The van der Waals surface area contributed by atoms with E-state index >= 15 is 0 Å². The Balaban J connectivity index is 2.12. The Hall–Kier alpha value is -1.58. The van der Waals surface area contributed by atoms with Crippen molar-refractivity contribution in [3.05, 3.63) is 29.6 Å². The quantitative estimate of drug-likeness (QED) is 0.827. The molecule has 0 aromatic heterocycles. The number of nitrogens with one attached hydrogen (secondary N) is 1. The summed E-state index contributed by atoms with van der Waals surface area (Å²) in [5, 5.41) is 12.1. The lowest BCUT2D eigenvalue weighted by molar-refractivity contribution is 0.0697. The zero-order chi connectivity index (χ0) is 12.5. The number of carboxylic acids is 1. The molecule has 0 bridgehead atoms. The molecule has 0 atom stereocenters. The lowest BCUT2D eigenvalue weighted by Crippen LogP contribution is -2.16. The van der Waals surface area contributed by atoms with Gasteiger partial charge in [0.2, 0.25) is 0 Å². The fraction of sp³-hybridized carbons (Fsp3) is 0.462. The Morgan fingerprint density at radius 3 is 2.76 bits per heavy atom. The number of hydrogen-bond acceptors (Lipinski definition) is 2. The van der Waals surface area contributed by atoms with Gasteiger partial charge in [0.05, 0.1) is 5.56 Å². The molecule has 0 saturated heterocycles. The van der Waals surface area contributed by atoms with E-state index in [9.17, 15) is 9.18 Å². The molecular weight excluding hydrogens is 221 g/mol. The second-order valence-corrected chi connectivity index (χ2v) is 4.70. The van der Waals surface area contributed by atoms with E-state index in [1.807, 2.05) is 0 Å². The largest absolute Gasteiger partial charge is 0.478 e. The lowest BCUT2D eigenvalue weighted by Gasteiger charge is -2.15. The first kappa shape index (κ1) is 11.9. The third kappa shape index (κ3) is 2.57. The van der Waals surface area contributed by atoms with Crippen molar-refractivity contribution >= 4 is 11.7 Å². The van der Waals surface area contributed by atoms with E-state index in [1.54, 1.807) is 0 Å². The maximum Gasteiger partial charge on any atom is 0.337 e. The highest BCUT2D eigenvalue weighted by molar-refractivity contribution is 5.94. The molecule has 92 valence electrons. The first-order valence-electron chi connectivity index (χ1n) is 5.83. The predicted octanol–water partition coefficient (Wildman–Crippen LogP) is 3.13. The van der Waals surface area contributed by atoms with Crippen LogP contribution in [-0.2, 0) is 0 Å². The Morgan fingerprint density at radius 2 is 2.24 bits per heavy atom. The molecule has 0 unspecified atom stereocenters. The SMILES string of the molecule is CCC1(CNc2ccc(F)cc2C(=O)O)CC1. The number of carbonyl (C=O) groups is 1. The maximum absolute atomic E-state index is 13.0. The van der Waals surface area contributed by atoms with Gasteiger partial charge >= 0.3 is 5.97 Å². The van der Waals surface area contributed by atoms with Crippen molar-refractivity contribution in [2.45, 2.75) is 26.2 Å². The van der Waals surface area contributed by atoms with Gasteiger partial charge in [-0.1, -0.05) is 6.92 Å². The first-order valence-corrected chi connectivity index (χ1v) is 5.83. The summed E-state index contributed by atoms with van der Waals surface area (Å²) in [6.45, 7) is 2.90. The molecular formula is C13H16FNO2. The zero-order valence-corrected chi connectivity index (χ0v) is 9.79. The van der Waals surface area contributed by atoms with Gasteiger partial charge < -0.3 is 10.4 Å². The van der Waals surface area contributed by atoms with Gasteiger partial charge in [-0.25, -0.2) is 9.18 Å². The summed E-state index contributed by atoms with van der Waals surface area (Å²) in [6, 6.07) is 3.82. The highest BCUT2D eigenvalue weighted by Crippen LogP contribution is 2.48. The fourth-order valence-electron chi connectivity index (χ4n) is 1.96. The van der Waals surface area contributed by atoms with Crippen molar-refractivity contribution in [3.63, 3.8) is 0 Å². The second-order valence-electron chi connectivity index (χ2n) is 4.70. The van der Waals surface area contributed by atoms with Crippen LogP contribution < -0.4 is 5.32 Å². The van der Waals surface area contributed by atoms with Crippen LogP contribution in [0.1, 0.15) is 36.5 Å². The van der Waals surface area contributed by atoms with Gasteiger partial charge in [0.1, 0.15) is 5.82 Å². The molecule has 0 radical (unpaired) electrons. The highest BCUT2D eigenvalue weighted by atomic mass is 19.1. The van der Waals surface area contributed by atoms with Gasteiger partial charge in [-0.05, 0) is 42.9 Å². The molecule has 1 aromatic carbocycles. The Bertz CT molecular complexity index is 441. The van der Waals surface area contributed by atoms with E-state index in [2.05, 4.69) is 12.2 Å². The van der Waals surface area contributed by atoms with Crippen LogP contribution in [0.15, 0.2) is 18.2 Å². The number of halogens is 1. The Morgan fingerprint density at radius 1 is 1.53 bits per heavy atom. The minimum atomic E-state index is -1.10. The average molecular weight is 237 g/mol. The molecule has 0 aliphatic heterocycles. The van der Waals surface area contributed by atoms with Crippen molar-refractivity contribution < 1.29 is 14.3 Å². The van der Waals surface area contributed by atoms with E-state index in [-0.39, 0.29) is 5.56 Å². The van der Waals surface area contributed by atoms with E-state index in [1.165, 1.54) is 25.0 Å². The number of hydrogen-bond donors (Lipinski definition) is 2. The zero-order valence-electron chi connectivity index (χ0n) is 9.79. The van der Waals surface area contributed by atoms with Crippen LogP contribution in [0.25, 0.3) is 0 Å². The smallest absolute Gasteiger partial charge is 0.337 e. The Kier molecular flexibility index (Phi) is 3.05. The second kappa shape index (κ2) is 4.35. The van der Waals surface area contributed by atoms with E-state index in [4.69, 9.17) is 5.11 Å². The van der Waals surface area contributed by atoms with Crippen LogP contribution in [0.5, 0.6) is 0 Å². The van der Waals surface area contributed by atoms with Crippen LogP contribution >= 0.6 is 0 Å². The number of anilines is 1. The van der Waals surface area contributed by atoms with Crippen LogP contribution in [0.3, 0.4) is 0 Å². The third-order valence-electron chi connectivity index (χ3n) is 3.57. The number of carboxylic acid groups (broad SMARTS) is 1. The molecule has 1 saturated carbocycles. The fourth-order valence-corrected chi connectivity index (χ4v) is 1.96. The molecule has 3 nitrogen and oxygen atoms in total. The van der Waals surface area contributed by atoms with Crippen molar-refractivity contribution in [1.82, 2.24) is 0 Å². The molecule has 1 fully saturated rings. The van der Waals surface area contributed by atoms with Gasteiger partial charge in [-0.3, -0.25) is 0 Å². The van der Waals surface area contributed by atoms with Gasteiger partial charge in [-0.15, -0.1) is 0 Å². The lowest BCUT2D eigenvalue weighted by atomic mass is 10.0. The number of rotatable bonds is 5. The highest BCUT2D eigenvalue weighted by Gasteiger charge is 2.40. The third-order valence-corrected chi connectivity index (χ3v) is 3.57. The average Bonchev–Trinajstić information content (AvgIpc) is 3.08. The van der Waals surface area contributed by atoms with Crippen LogP contribution in [0, 0.1) is 11.2 Å². The molecule has 2 rings (SSSR count). The molecule has 0 spiro atoms. The molecule has 0 amide bonds. The predicted molar refractivity (Wildman–Crippen MR) is 63.8 cm³/mol. The standard InChI is InChI=1S/C13H16FNO2/c1-2-13(5-6-13)8-15-11-4-3-9(14)7-10(11)12(16)17/h3-4,7,15H,2,5-6,8H2,1H3,(H,16,17). The molecule has 0 heterocycles. The van der Waals surface area contributed by atoms with Gasteiger partial charge in [-0.2, -0.15) is 0 Å². The van der Waals surface area contributed by atoms with E-state index in [0.29, 0.717) is 11.1 Å². The molecule has 1 aliphatic carbocycles. The summed E-state index contributed by atoms with van der Waals surface area (Å²) in [5.41, 5.74) is 0.819. The van der Waals surface area contributed by atoms with Crippen LogP contribution in [0.4, 0.5) is 10.1 Å². The van der Waals surface area contributed by atoms with Gasteiger partial charge in [0.25, 0.3) is 0 Å². The summed E-state index contributed by atoms with van der Waals surface area (Å²) in [5.74, 6) is -1.63. The van der Waals surface area contributed by atoms with Gasteiger partial charge in [0.15, 0.2) is 0 Å². The first-order chi connectivity index (χ1) is 8.06. The van der Waals surface area contributed by atoms with Crippen molar-refractivity contribution in [2.24, 2.45) is 5.41 Å². The van der Waals surface area contributed by atoms with Crippen LogP contribution in [0.2, 0.25) is 0 Å². The van der Waals surface area contributed by atoms with E-state index in [0.717, 1.165) is 19.0 Å². The maximum atomic E-state index is 13.0. The summed E-state index contributed by atoms with van der Waals surface area (Å²) in [4.78, 5) is 11.0. The minimum Gasteiger partial charge on any atom is -0.478 e. The molecule has 4 heteroatoms. The summed E-state index contributed by atoms with van der Waals surface area (Å²) in [6.07, 6.45) is 3.45. The van der Waals surface area contributed by atoms with Crippen LogP contribution in [-0.4, -0.2) is 17.6 Å². The normalized spacial score (nSPS) is 16.6. The minimum absolute atomic E-state index is 0.00287. The molecule has 1 aromatic rings. The number of aromatic carboxylic acids is 1. The summed E-state index contributed by atoms with van der Waals surface area (Å²) in [7, 11) is 0. The van der Waals surface area contributed by atoms with Gasteiger partial charge in [0, 0.05) is 12.2 Å². The molecule has 1 aliphatic rings. The molecule has 2 N–H and O–H groups in total. The van der Waals surface area contributed by atoms with Crippen molar-refractivity contribution in [2.75, 3.05) is 11.9 Å². The monoisotopic (exact) mass is 237 g/mol.